The summed E-state index contributed by atoms with van der Waals surface area (Å²) in [6, 6.07) is 8.11. The number of amides is 1. The van der Waals surface area contributed by atoms with E-state index in [0.29, 0.717) is 37.5 Å². The van der Waals surface area contributed by atoms with Crippen molar-refractivity contribution in [1.29, 1.82) is 0 Å². The molecule has 1 amide bonds. The minimum Gasteiger partial charge on any atom is -0.351 e. The summed E-state index contributed by atoms with van der Waals surface area (Å²) in [6.07, 6.45) is 2.81. The van der Waals surface area contributed by atoms with Crippen molar-refractivity contribution in [3.63, 3.8) is 0 Å². The maximum Gasteiger partial charge on any atom is 0.226 e. The van der Waals surface area contributed by atoms with Gasteiger partial charge in [-0.25, -0.2) is 0 Å². The van der Waals surface area contributed by atoms with Gasteiger partial charge in [-0.3, -0.25) is 4.79 Å². The van der Waals surface area contributed by atoms with Gasteiger partial charge in [-0.15, -0.1) is 22.7 Å². The maximum atomic E-state index is 11.9. The molecule has 3 aromatic rings. The van der Waals surface area contributed by atoms with Crippen LogP contribution in [0, 0.1) is 0 Å². The molecule has 3 heterocycles. The first-order chi connectivity index (χ1) is 11.7. The third kappa shape index (κ3) is 4.52. The first-order valence-electron chi connectivity index (χ1n) is 7.95. The van der Waals surface area contributed by atoms with Gasteiger partial charge in [0.25, 0.3) is 0 Å². The maximum absolute atomic E-state index is 11.9. The van der Waals surface area contributed by atoms with Crippen molar-refractivity contribution < 1.29 is 9.32 Å². The van der Waals surface area contributed by atoms with Crippen LogP contribution in [0.4, 0.5) is 0 Å². The standard InChI is InChI=1S/C17H19N3O2S2/c1-2-12-8-9-13(24-12)11-18-15(21)6-3-7-16-19-17(20-22-16)14-5-4-10-23-14/h4-5,8-10H,2-3,6-7,11H2,1H3,(H,18,21). The Kier molecular flexibility index (Phi) is 5.77. The van der Waals surface area contributed by atoms with E-state index in [1.54, 1.807) is 22.7 Å². The van der Waals surface area contributed by atoms with E-state index < -0.39 is 0 Å². The Bertz CT molecular complexity index is 777. The molecule has 0 aliphatic heterocycles. The molecule has 0 atom stereocenters. The van der Waals surface area contributed by atoms with Crippen LogP contribution in [0.3, 0.4) is 0 Å². The molecule has 0 unspecified atom stereocenters. The third-order valence-electron chi connectivity index (χ3n) is 3.53. The molecule has 0 fully saturated rings. The van der Waals surface area contributed by atoms with Crippen LogP contribution in [0.25, 0.3) is 10.7 Å². The van der Waals surface area contributed by atoms with Crippen molar-refractivity contribution in [1.82, 2.24) is 15.5 Å². The summed E-state index contributed by atoms with van der Waals surface area (Å²) in [7, 11) is 0. The Morgan fingerprint density at radius 3 is 2.92 bits per heavy atom. The van der Waals surface area contributed by atoms with E-state index in [1.165, 1.54) is 9.75 Å². The van der Waals surface area contributed by atoms with E-state index in [4.69, 9.17) is 4.52 Å². The molecule has 0 radical (unpaired) electrons. The summed E-state index contributed by atoms with van der Waals surface area (Å²) in [4.78, 5) is 19.8. The zero-order chi connectivity index (χ0) is 16.8. The third-order valence-corrected chi connectivity index (χ3v) is 5.63. The van der Waals surface area contributed by atoms with Crippen LogP contribution in [-0.4, -0.2) is 16.0 Å². The second-order valence-corrected chi connectivity index (χ2v) is 7.54. The lowest BCUT2D eigenvalue weighted by Gasteiger charge is -2.02. The number of rotatable bonds is 8. The van der Waals surface area contributed by atoms with Gasteiger partial charge in [0.15, 0.2) is 0 Å². The Morgan fingerprint density at radius 1 is 1.29 bits per heavy atom. The van der Waals surface area contributed by atoms with Crippen LogP contribution in [0.5, 0.6) is 0 Å². The summed E-state index contributed by atoms with van der Waals surface area (Å²) in [5, 5.41) is 8.90. The Morgan fingerprint density at radius 2 is 2.17 bits per heavy atom. The fourth-order valence-electron chi connectivity index (χ4n) is 2.24. The highest BCUT2D eigenvalue weighted by Gasteiger charge is 2.10. The van der Waals surface area contributed by atoms with Gasteiger partial charge in [0, 0.05) is 22.6 Å². The van der Waals surface area contributed by atoms with E-state index >= 15 is 0 Å². The first kappa shape index (κ1) is 16.9. The van der Waals surface area contributed by atoms with Crippen LogP contribution in [0.2, 0.25) is 0 Å². The summed E-state index contributed by atoms with van der Waals surface area (Å²) < 4.78 is 5.23. The molecular formula is C17H19N3O2S2. The molecule has 0 aliphatic rings. The number of hydrogen-bond acceptors (Lipinski definition) is 6. The van der Waals surface area contributed by atoms with E-state index in [2.05, 4.69) is 34.5 Å². The molecule has 0 aromatic carbocycles. The summed E-state index contributed by atoms with van der Waals surface area (Å²) in [5.74, 6) is 1.25. The molecule has 0 aliphatic carbocycles. The molecular weight excluding hydrogens is 342 g/mol. The second-order valence-electron chi connectivity index (χ2n) is 5.34. The van der Waals surface area contributed by atoms with Crippen LogP contribution in [0.1, 0.15) is 35.4 Å². The lowest BCUT2D eigenvalue weighted by atomic mass is 10.2. The monoisotopic (exact) mass is 361 g/mol. The molecule has 5 nitrogen and oxygen atoms in total. The molecule has 3 aromatic heterocycles. The average molecular weight is 361 g/mol. The molecule has 24 heavy (non-hydrogen) atoms. The van der Waals surface area contributed by atoms with Crippen LogP contribution < -0.4 is 5.32 Å². The quantitative estimate of drug-likeness (QED) is 0.657. The number of aromatic nitrogens is 2. The van der Waals surface area contributed by atoms with Gasteiger partial charge in [0.2, 0.25) is 17.6 Å². The van der Waals surface area contributed by atoms with Crippen molar-refractivity contribution in [3.8, 4) is 10.7 Å². The molecule has 1 N–H and O–H groups in total. The normalized spacial score (nSPS) is 10.9. The smallest absolute Gasteiger partial charge is 0.226 e. The number of aryl methyl sites for hydroxylation is 2. The van der Waals surface area contributed by atoms with Gasteiger partial charge in [-0.2, -0.15) is 4.98 Å². The number of nitrogens with zero attached hydrogens (tertiary/aromatic N) is 2. The average Bonchev–Trinajstić information content (AvgIpc) is 3.33. The summed E-state index contributed by atoms with van der Waals surface area (Å²) in [6.45, 7) is 2.74. The highest BCUT2D eigenvalue weighted by atomic mass is 32.1. The fourth-order valence-corrected chi connectivity index (χ4v) is 3.79. The van der Waals surface area contributed by atoms with Crippen molar-refractivity contribution in [2.75, 3.05) is 0 Å². The van der Waals surface area contributed by atoms with Gasteiger partial charge >= 0.3 is 0 Å². The largest absolute Gasteiger partial charge is 0.351 e. The predicted octanol–water partition coefficient (Wildman–Crippen LogP) is 4.06. The summed E-state index contributed by atoms with van der Waals surface area (Å²) >= 11 is 3.33. The molecule has 0 bridgehead atoms. The van der Waals surface area contributed by atoms with Gasteiger partial charge in [0.05, 0.1) is 11.4 Å². The highest BCUT2D eigenvalue weighted by molar-refractivity contribution is 7.13. The lowest BCUT2D eigenvalue weighted by molar-refractivity contribution is -0.121. The topological polar surface area (TPSA) is 68.0 Å². The van der Waals surface area contributed by atoms with Gasteiger partial charge < -0.3 is 9.84 Å². The fraction of sp³-hybridized carbons (Fsp3) is 0.353. The minimum absolute atomic E-state index is 0.0550. The zero-order valence-corrected chi connectivity index (χ0v) is 15.1. The zero-order valence-electron chi connectivity index (χ0n) is 13.4. The van der Waals surface area contributed by atoms with Gasteiger partial charge in [-0.1, -0.05) is 18.1 Å². The SMILES string of the molecule is CCc1ccc(CNC(=O)CCCc2nc(-c3cccs3)no2)s1. The van der Waals surface area contributed by atoms with Gasteiger partial charge in [-0.05, 0) is 36.4 Å². The second kappa shape index (κ2) is 8.21. The number of nitrogens with one attached hydrogen (secondary N) is 1. The minimum atomic E-state index is 0.0550. The van der Waals surface area contributed by atoms with E-state index in [1.807, 2.05) is 17.5 Å². The molecule has 126 valence electrons. The molecule has 0 saturated carbocycles. The van der Waals surface area contributed by atoms with Gasteiger partial charge in [0.1, 0.15) is 0 Å². The number of thiophene rings is 2. The lowest BCUT2D eigenvalue weighted by Crippen LogP contribution is -2.21. The van der Waals surface area contributed by atoms with E-state index in [9.17, 15) is 4.79 Å². The molecule has 0 saturated heterocycles. The van der Waals surface area contributed by atoms with Crippen molar-refractivity contribution >= 4 is 28.6 Å². The van der Waals surface area contributed by atoms with E-state index in [0.717, 1.165) is 11.3 Å². The van der Waals surface area contributed by atoms with Crippen molar-refractivity contribution in [3.05, 3.63) is 45.3 Å². The van der Waals surface area contributed by atoms with Crippen molar-refractivity contribution in [2.24, 2.45) is 0 Å². The van der Waals surface area contributed by atoms with Crippen molar-refractivity contribution in [2.45, 2.75) is 39.2 Å². The Labute approximate surface area is 148 Å². The molecule has 3 rings (SSSR count). The van der Waals surface area contributed by atoms with E-state index in [-0.39, 0.29) is 5.91 Å². The molecule has 0 spiro atoms. The predicted molar refractivity (Wildman–Crippen MR) is 96.1 cm³/mol. The first-order valence-corrected chi connectivity index (χ1v) is 9.65. The number of carbonyl (C=O) groups is 1. The Balaban J connectivity index is 1.39. The van der Waals surface area contributed by atoms with Crippen LogP contribution in [-0.2, 0) is 24.2 Å². The number of carbonyl (C=O) groups excluding carboxylic acids is 1. The molecule has 7 heteroatoms. The Hall–Kier alpha value is -1.99. The van der Waals surface area contributed by atoms with Crippen LogP contribution in [0.15, 0.2) is 34.2 Å². The highest BCUT2D eigenvalue weighted by Crippen LogP contribution is 2.21. The van der Waals surface area contributed by atoms with Crippen LogP contribution >= 0.6 is 22.7 Å². The summed E-state index contributed by atoms with van der Waals surface area (Å²) in [5.41, 5.74) is 0. The number of hydrogen-bond donors (Lipinski definition) is 1.